The summed E-state index contributed by atoms with van der Waals surface area (Å²) in [6, 6.07) is 7.43. The number of aromatic nitrogens is 1. The van der Waals surface area contributed by atoms with Gasteiger partial charge >= 0.3 is 12.1 Å². The van der Waals surface area contributed by atoms with Gasteiger partial charge in [-0.1, -0.05) is 31.5 Å². The van der Waals surface area contributed by atoms with Gasteiger partial charge in [-0.25, -0.2) is 19.7 Å². The molecule has 1 aromatic carbocycles. The topological polar surface area (TPSA) is 69.6 Å². The summed E-state index contributed by atoms with van der Waals surface area (Å²) in [5.41, 5.74) is 3.97. The van der Waals surface area contributed by atoms with Crippen LogP contribution in [0.25, 0.3) is 10.9 Å². The van der Waals surface area contributed by atoms with Crippen LogP contribution in [-0.4, -0.2) is 28.9 Å². The van der Waals surface area contributed by atoms with E-state index in [1.807, 2.05) is 32.0 Å². The molecule has 25 heavy (non-hydrogen) atoms. The number of carbonyl (C=O) groups excluding carboxylic acids is 2. The molecule has 0 saturated carbocycles. The molecule has 2 aromatic rings. The average Bonchev–Trinajstić information content (AvgIpc) is 2.85. The third kappa shape index (κ3) is 4.75. The molecule has 1 aromatic heterocycles. The second-order valence-electron chi connectivity index (χ2n) is 6.98. The molecular weight excluding hydrogens is 320 g/mol. The summed E-state index contributed by atoms with van der Waals surface area (Å²) in [7, 11) is 0. The number of para-hydroxylation sites is 1. The van der Waals surface area contributed by atoms with E-state index >= 15 is 0 Å². The van der Waals surface area contributed by atoms with E-state index in [0.29, 0.717) is 6.61 Å². The number of unbranched alkanes of at least 4 members (excludes halogenated alkanes) is 1. The molecule has 0 unspecified atom stereocenters. The van der Waals surface area contributed by atoms with Gasteiger partial charge in [0.1, 0.15) is 11.3 Å². The van der Waals surface area contributed by atoms with Gasteiger partial charge in [-0.3, -0.25) is 0 Å². The van der Waals surface area contributed by atoms with Crippen molar-refractivity contribution >= 4 is 23.0 Å². The fourth-order valence-electron chi connectivity index (χ4n) is 2.48. The lowest BCUT2D eigenvalue weighted by atomic mass is 10.2. The largest absolute Gasteiger partial charge is 0.461 e. The maximum atomic E-state index is 12.5. The Kier molecular flexibility index (Phi) is 5.72. The van der Waals surface area contributed by atoms with Crippen molar-refractivity contribution in [3.63, 3.8) is 0 Å². The predicted octanol–water partition coefficient (Wildman–Crippen LogP) is 4.39. The van der Waals surface area contributed by atoms with Crippen LogP contribution in [0.15, 0.2) is 24.3 Å². The summed E-state index contributed by atoms with van der Waals surface area (Å²) in [5.74, 6) is -0.472. The van der Waals surface area contributed by atoms with Crippen LogP contribution in [0.1, 0.15) is 56.6 Å². The second kappa shape index (κ2) is 7.59. The number of fused-ring (bicyclic) bond motifs is 1. The quantitative estimate of drug-likeness (QED) is 0.644. The molecule has 1 heterocycles. The van der Waals surface area contributed by atoms with Crippen molar-refractivity contribution in [2.75, 3.05) is 12.0 Å². The molecule has 0 radical (unpaired) electrons. The molecule has 0 aliphatic carbocycles. The number of rotatable bonds is 5. The van der Waals surface area contributed by atoms with Crippen molar-refractivity contribution in [2.24, 2.45) is 0 Å². The van der Waals surface area contributed by atoms with Gasteiger partial charge in [0.25, 0.3) is 0 Å². The van der Waals surface area contributed by atoms with Gasteiger partial charge in [0.05, 0.1) is 12.1 Å². The van der Waals surface area contributed by atoms with Crippen molar-refractivity contribution in [3.05, 3.63) is 35.5 Å². The van der Waals surface area contributed by atoms with E-state index in [2.05, 4.69) is 5.43 Å². The minimum Gasteiger partial charge on any atom is -0.461 e. The first kappa shape index (κ1) is 18.8. The van der Waals surface area contributed by atoms with Gasteiger partial charge in [0.2, 0.25) is 0 Å². The molecule has 0 bridgehead atoms. The summed E-state index contributed by atoms with van der Waals surface area (Å²) < 4.78 is 12.1. The van der Waals surface area contributed by atoms with Crippen molar-refractivity contribution in [3.8, 4) is 0 Å². The molecule has 0 fully saturated rings. The number of amides is 1. The lowest BCUT2D eigenvalue weighted by Gasteiger charge is -2.21. The summed E-state index contributed by atoms with van der Waals surface area (Å²) >= 11 is 0. The van der Waals surface area contributed by atoms with Gasteiger partial charge in [-0.05, 0) is 45.7 Å². The molecule has 136 valence electrons. The van der Waals surface area contributed by atoms with Crippen LogP contribution in [0, 0.1) is 6.92 Å². The van der Waals surface area contributed by atoms with Crippen molar-refractivity contribution in [2.45, 2.75) is 53.1 Å². The summed E-state index contributed by atoms with van der Waals surface area (Å²) in [6.45, 7) is 9.64. The maximum Gasteiger partial charge on any atom is 0.426 e. The first-order valence-corrected chi connectivity index (χ1v) is 8.51. The highest BCUT2D eigenvalue weighted by molar-refractivity contribution is 5.98. The Morgan fingerprint density at radius 2 is 1.96 bits per heavy atom. The van der Waals surface area contributed by atoms with Crippen molar-refractivity contribution in [1.82, 2.24) is 4.68 Å². The monoisotopic (exact) mass is 346 g/mol. The number of hydrogen-bond acceptors (Lipinski definition) is 4. The number of hydrogen-bond donors (Lipinski definition) is 1. The Morgan fingerprint density at radius 3 is 2.60 bits per heavy atom. The Balaban J connectivity index is 2.38. The SMILES string of the molecule is CCCCOC(=O)c1cc2cccc(C)c2n1NC(=O)OC(C)(C)C. The number of aryl methyl sites for hydroxylation is 1. The fraction of sp³-hybridized carbons (Fsp3) is 0.474. The van der Waals surface area contributed by atoms with Crippen LogP contribution in [0.3, 0.4) is 0 Å². The van der Waals surface area contributed by atoms with Crippen LogP contribution in [0.5, 0.6) is 0 Å². The van der Waals surface area contributed by atoms with Crippen molar-refractivity contribution < 1.29 is 19.1 Å². The first-order valence-electron chi connectivity index (χ1n) is 8.51. The molecule has 0 saturated heterocycles. The van der Waals surface area contributed by atoms with E-state index in [-0.39, 0.29) is 5.69 Å². The van der Waals surface area contributed by atoms with Crippen LogP contribution in [0.4, 0.5) is 4.79 Å². The molecular formula is C19H26N2O4. The first-order chi connectivity index (χ1) is 11.7. The molecule has 1 amide bonds. The van der Waals surface area contributed by atoms with E-state index in [0.717, 1.165) is 29.3 Å². The minimum absolute atomic E-state index is 0.270. The van der Waals surface area contributed by atoms with Crippen molar-refractivity contribution in [1.29, 1.82) is 0 Å². The average molecular weight is 346 g/mol. The van der Waals surface area contributed by atoms with Gasteiger partial charge in [-0.15, -0.1) is 0 Å². The third-order valence-electron chi connectivity index (χ3n) is 3.57. The number of ether oxygens (including phenoxy) is 2. The number of esters is 1. The van der Waals surface area contributed by atoms with E-state index in [4.69, 9.17) is 9.47 Å². The molecule has 6 nitrogen and oxygen atoms in total. The Morgan fingerprint density at radius 1 is 1.24 bits per heavy atom. The number of nitrogens with one attached hydrogen (secondary N) is 1. The van der Waals surface area contributed by atoms with Gasteiger partial charge < -0.3 is 9.47 Å². The van der Waals surface area contributed by atoms with Gasteiger partial charge in [-0.2, -0.15) is 0 Å². The number of nitrogens with zero attached hydrogens (tertiary/aromatic N) is 1. The Hall–Kier alpha value is -2.50. The predicted molar refractivity (Wildman–Crippen MR) is 97.5 cm³/mol. The molecule has 0 aliphatic heterocycles. The minimum atomic E-state index is -0.635. The Bertz CT molecular complexity index is 772. The van der Waals surface area contributed by atoms with E-state index in [1.54, 1.807) is 26.8 Å². The maximum absolute atomic E-state index is 12.5. The molecule has 1 N–H and O–H groups in total. The highest BCUT2D eigenvalue weighted by Gasteiger charge is 2.22. The summed E-state index contributed by atoms with van der Waals surface area (Å²) in [5, 5.41) is 0.846. The molecule has 0 atom stereocenters. The summed E-state index contributed by atoms with van der Waals surface area (Å²) in [6.07, 6.45) is 1.10. The van der Waals surface area contributed by atoms with Crippen LogP contribution in [0.2, 0.25) is 0 Å². The normalized spacial score (nSPS) is 11.4. The fourth-order valence-corrected chi connectivity index (χ4v) is 2.48. The lowest BCUT2D eigenvalue weighted by Crippen LogP contribution is -2.33. The second-order valence-corrected chi connectivity index (χ2v) is 6.98. The van der Waals surface area contributed by atoms with Crippen LogP contribution >= 0.6 is 0 Å². The highest BCUT2D eigenvalue weighted by Crippen LogP contribution is 2.23. The molecule has 0 aliphatic rings. The molecule has 0 spiro atoms. The standard InChI is InChI=1S/C19H26N2O4/c1-6-7-11-24-17(22)15-12-14-10-8-9-13(2)16(14)21(15)20-18(23)25-19(3,4)5/h8-10,12H,6-7,11H2,1-5H3,(H,20,23). The Labute approximate surface area is 148 Å². The molecule has 6 heteroatoms. The zero-order valence-electron chi connectivity index (χ0n) is 15.5. The van der Waals surface area contributed by atoms with Gasteiger partial charge in [0, 0.05) is 5.39 Å². The molecule has 2 rings (SSSR count). The van der Waals surface area contributed by atoms with E-state index in [1.165, 1.54) is 4.68 Å². The highest BCUT2D eigenvalue weighted by atomic mass is 16.6. The summed E-state index contributed by atoms with van der Waals surface area (Å²) in [4.78, 5) is 24.7. The van der Waals surface area contributed by atoms with E-state index in [9.17, 15) is 9.59 Å². The number of carbonyl (C=O) groups is 2. The zero-order chi connectivity index (χ0) is 18.6. The van der Waals surface area contributed by atoms with E-state index < -0.39 is 17.7 Å². The smallest absolute Gasteiger partial charge is 0.426 e. The van der Waals surface area contributed by atoms with Gasteiger partial charge in [0.15, 0.2) is 0 Å². The third-order valence-corrected chi connectivity index (χ3v) is 3.57. The van der Waals surface area contributed by atoms with Crippen LogP contribution in [-0.2, 0) is 9.47 Å². The zero-order valence-corrected chi connectivity index (χ0v) is 15.5. The van der Waals surface area contributed by atoms with Crippen LogP contribution < -0.4 is 5.43 Å². The lowest BCUT2D eigenvalue weighted by molar-refractivity contribution is 0.0488. The number of benzene rings is 1.